The first kappa shape index (κ1) is 8.50. The van der Waals surface area contributed by atoms with Crippen LogP contribution in [0, 0.1) is 0 Å². The second kappa shape index (κ2) is 2.87. The van der Waals surface area contributed by atoms with E-state index in [-0.39, 0.29) is 6.61 Å². The summed E-state index contributed by atoms with van der Waals surface area (Å²) in [5.74, 6) is 0. The molecule has 1 N–H and O–H groups in total. The number of aliphatic hydroxyl groups excluding tert-OH is 1. The Kier molecular flexibility index (Phi) is 3.05. The maximum absolute atomic E-state index is 8.62. The molecule has 0 aromatic carbocycles. The maximum atomic E-state index is 8.62. The normalized spacial score (nSPS) is 11.5. The van der Waals surface area contributed by atoms with Crippen molar-refractivity contribution in [1.82, 2.24) is 0 Å². The Hall–Kier alpha value is 0.499. The summed E-state index contributed by atoms with van der Waals surface area (Å²) >= 11 is -1.85. The van der Waals surface area contributed by atoms with Gasteiger partial charge < -0.3 is 0 Å². The van der Waals surface area contributed by atoms with Crippen molar-refractivity contribution < 1.29 is 5.11 Å². The molecule has 0 unspecified atom stereocenters. The van der Waals surface area contributed by atoms with Gasteiger partial charge in [-0.1, -0.05) is 0 Å². The third-order valence-electron chi connectivity index (χ3n) is 1.25. The van der Waals surface area contributed by atoms with E-state index in [2.05, 4.69) is 21.4 Å². The van der Waals surface area contributed by atoms with Crippen molar-refractivity contribution in [3.63, 3.8) is 0 Å². The molecule has 0 rings (SSSR count). The van der Waals surface area contributed by atoms with Crippen LogP contribution < -0.4 is 0 Å². The zero-order valence-electron chi connectivity index (χ0n) is 5.86. The van der Waals surface area contributed by atoms with Gasteiger partial charge in [-0.3, -0.25) is 0 Å². The van der Waals surface area contributed by atoms with Gasteiger partial charge in [0.2, 0.25) is 0 Å². The van der Waals surface area contributed by atoms with Crippen molar-refractivity contribution in [2.75, 3.05) is 6.61 Å². The van der Waals surface area contributed by atoms with Gasteiger partial charge in [-0.15, -0.1) is 0 Å². The van der Waals surface area contributed by atoms with Crippen LogP contribution in [0.25, 0.3) is 0 Å². The molecule has 2 heteroatoms. The molecule has 48 valence electrons. The molecule has 0 aliphatic carbocycles. The number of hydrogen-bond acceptors (Lipinski definition) is 1. The molecule has 0 aliphatic heterocycles. The molecule has 0 radical (unpaired) electrons. The second-order valence-corrected chi connectivity index (χ2v) is 17.9. The van der Waals surface area contributed by atoms with Crippen LogP contribution in [0.4, 0.5) is 0 Å². The molecule has 1 nitrogen and oxygen atoms in total. The number of hydrogen-bond donors (Lipinski definition) is 1. The van der Waals surface area contributed by atoms with E-state index in [4.69, 9.17) is 5.11 Å². The molecular formula is C6H14OSn. The van der Waals surface area contributed by atoms with Crippen molar-refractivity contribution in [1.29, 1.82) is 0 Å². The van der Waals surface area contributed by atoms with Crippen LogP contribution >= 0.6 is 0 Å². The standard InChI is InChI=1S/C3H5O.3CH3.Sn/c1-2-3-4;;;;/h4H,1,3H2;3*1H3;. The Labute approximate surface area is 55.3 Å². The fraction of sp³-hybridized carbons (Fsp3) is 0.667. The van der Waals surface area contributed by atoms with Crippen LogP contribution in [0.2, 0.25) is 14.8 Å². The molecule has 0 atom stereocenters. The molecule has 0 aromatic heterocycles. The van der Waals surface area contributed by atoms with Gasteiger partial charge in [-0.25, -0.2) is 0 Å². The molecule has 0 bridgehead atoms. The Bertz CT molecular complexity index is 91.2. The van der Waals surface area contributed by atoms with Crippen LogP contribution in [-0.4, -0.2) is 30.1 Å². The topological polar surface area (TPSA) is 20.2 Å². The molecule has 8 heavy (non-hydrogen) atoms. The summed E-state index contributed by atoms with van der Waals surface area (Å²) in [4.78, 5) is 6.73. The van der Waals surface area contributed by atoms with Crippen molar-refractivity contribution in [3.8, 4) is 0 Å². The van der Waals surface area contributed by atoms with Crippen LogP contribution in [0.5, 0.6) is 0 Å². The van der Waals surface area contributed by atoms with E-state index in [0.29, 0.717) is 0 Å². The molecule has 0 aliphatic rings. The van der Waals surface area contributed by atoms with Gasteiger partial charge in [0.05, 0.1) is 0 Å². The minimum absolute atomic E-state index is 0.194. The summed E-state index contributed by atoms with van der Waals surface area (Å²) in [6, 6.07) is 0. The van der Waals surface area contributed by atoms with Crippen LogP contribution in [-0.2, 0) is 0 Å². The quantitative estimate of drug-likeness (QED) is 0.698. The molecule has 0 saturated heterocycles. The number of rotatable bonds is 2. The molecule has 0 aromatic rings. The van der Waals surface area contributed by atoms with E-state index >= 15 is 0 Å². The zero-order chi connectivity index (χ0) is 6.78. The Morgan fingerprint density at radius 1 is 1.50 bits per heavy atom. The van der Waals surface area contributed by atoms with E-state index in [1.165, 1.54) is 0 Å². The minimum atomic E-state index is -1.85. The van der Waals surface area contributed by atoms with Gasteiger partial charge in [0, 0.05) is 0 Å². The van der Waals surface area contributed by atoms with E-state index < -0.39 is 18.4 Å². The van der Waals surface area contributed by atoms with Crippen LogP contribution in [0.3, 0.4) is 0 Å². The zero-order valence-corrected chi connectivity index (χ0v) is 8.72. The van der Waals surface area contributed by atoms with Gasteiger partial charge in [-0.05, 0) is 0 Å². The Morgan fingerprint density at radius 3 is 1.88 bits per heavy atom. The van der Waals surface area contributed by atoms with Crippen LogP contribution in [0.1, 0.15) is 0 Å². The summed E-state index contributed by atoms with van der Waals surface area (Å²) < 4.78 is 1.10. The SMILES string of the molecule is C=[C](CO)[Sn]([CH3])([CH3])[CH3]. The van der Waals surface area contributed by atoms with Crippen molar-refractivity contribution in [2.24, 2.45) is 0 Å². The third-order valence-corrected chi connectivity index (χ3v) is 7.76. The van der Waals surface area contributed by atoms with Crippen molar-refractivity contribution >= 4 is 18.4 Å². The number of aliphatic hydroxyl groups is 1. The van der Waals surface area contributed by atoms with Gasteiger partial charge >= 0.3 is 55.1 Å². The molecule has 0 fully saturated rings. The van der Waals surface area contributed by atoms with Crippen molar-refractivity contribution in [3.05, 3.63) is 10.2 Å². The molecule has 0 saturated carbocycles. The first-order valence-corrected chi connectivity index (χ1v) is 12.8. The summed E-state index contributed by atoms with van der Waals surface area (Å²) in [6.07, 6.45) is 0. The first-order chi connectivity index (χ1) is 3.48. The third kappa shape index (κ3) is 2.72. The fourth-order valence-electron chi connectivity index (χ4n) is 0.237. The molecule has 0 heterocycles. The van der Waals surface area contributed by atoms with Crippen LogP contribution in [0.15, 0.2) is 10.2 Å². The summed E-state index contributed by atoms with van der Waals surface area (Å²) in [7, 11) is 0. The molecular weight excluding hydrogens is 207 g/mol. The predicted molar refractivity (Wildman–Crippen MR) is 39.6 cm³/mol. The van der Waals surface area contributed by atoms with Crippen molar-refractivity contribution in [2.45, 2.75) is 14.8 Å². The Balaban J connectivity index is 3.82. The summed E-state index contributed by atoms with van der Waals surface area (Å²) in [5.41, 5.74) is 0. The van der Waals surface area contributed by atoms with E-state index in [1.807, 2.05) is 0 Å². The first-order valence-electron chi connectivity index (χ1n) is 2.77. The van der Waals surface area contributed by atoms with Gasteiger partial charge in [-0.2, -0.15) is 0 Å². The van der Waals surface area contributed by atoms with E-state index in [9.17, 15) is 0 Å². The van der Waals surface area contributed by atoms with Gasteiger partial charge in [0.25, 0.3) is 0 Å². The monoisotopic (exact) mass is 222 g/mol. The van der Waals surface area contributed by atoms with Gasteiger partial charge in [0.15, 0.2) is 0 Å². The second-order valence-electron chi connectivity index (χ2n) is 3.01. The van der Waals surface area contributed by atoms with E-state index in [1.54, 1.807) is 0 Å². The summed E-state index contributed by atoms with van der Waals surface area (Å²) in [5, 5.41) is 8.62. The summed E-state index contributed by atoms with van der Waals surface area (Å²) in [6.45, 7) is 3.98. The predicted octanol–water partition coefficient (Wildman–Crippen LogP) is 1.41. The molecule has 0 spiro atoms. The van der Waals surface area contributed by atoms with Gasteiger partial charge in [0.1, 0.15) is 0 Å². The fourth-order valence-corrected chi connectivity index (χ4v) is 1.59. The van der Waals surface area contributed by atoms with E-state index in [0.717, 1.165) is 3.59 Å². The average molecular weight is 221 g/mol. The Morgan fingerprint density at radius 2 is 1.88 bits per heavy atom. The molecule has 0 amide bonds. The average Bonchev–Trinajstić information content (AvgIpc) is 1.62.